The van der Waals surface area contributed by atoms with Gasteiger partial charge in [-0.1, -0.05) is 56.7 Å². The van der Waals surface area contributed by atoms with Crippen molar-refractivity contribution in [2.45, 2.75) is 51.2 Å². The van der Waals surface area contributed by atoms with Gasteiger partial charge >= 0.3 is 0 Å². The lowest BCUT2D eigenvalue weighted by Gasteiger charge is -2.14. The molecule has 0 aliphatic carbocycles. The van der Waals surface area contributed by atoms with Crippen LogP contribution in [0.5, 0.6) is 0 Å². The highest BCUT2D eigenvalue weighted by atomic mass is 32.2. The lowest BCUT2D eigenvalue weighted by molar-refractivity contribution is -0.119. The number of nitrogens with one attached hydrogen (secondary N) is 1. The Morgan fingerprint density at radius 2 is 1.90 bits per heavy atom. The molecular weight excluding hydrogens is 384 g/mol. The second kappa shape index (κ2) is 10.3. The second-order valence-corrected chi connectivity index (χ2v) is 8.48. The summed E-state index contributed by atoms with van der Waals surface area (Å²) in [4.78, 5) is 12.4. The molecule has 1 N–H and O–H groups in total. The summed E-state index contributed by atoms with van der Waals surface area (Å²) in [6.07, 6.45) is 4.92. The number of aromatic nitrogens is 3. The van der Waals surface area contributed by atoms with Gasteiger partial charge < -0.3 is 9.73 Å². The van der Waals surface area contributed by atoms with Gasteiger partial charge in [-0.2, -0.15) is 0 Å². The van der Waals surface area contributed by atoms with Gasteiger partial charge in [0.1, 0.15) is 0 Å². The number of amides is 1. The maximum absolute atomic E-state index is 12.4. The highest BCUT2D eigenvalue weighted by molar-refractivity contribution is 7.99. The van der Waals surface area contributed by atoms with Crippen LogP contribution in [0.15, 0.2) is 58.3 Å². The first-order valence-electron chi connectivity index (χ1n) is 10.0. The molecule has 0 saturated heterocycles. The van der Waals surface area contributed by atoms with Gasteiger partial charge in [0.05, 0.1) is 12.0 Å². The predicted molar refractivity (Wildman–Crippen MR) is 116 cm³/mol. The van der Waals surface area contributed by atoms with Crippen LogP contribution in [0.25, 0.3) is 17.3 Å². The molecule has 0 radical (unpaired) electrons. The molecule has 154 valence electrons. The Morgan fingerprint density at radius 3 is 2.59 bits per heavy atom. The Labute approximate surface area is 176 Å². The first-order chi connectivity index (χ1) is 14.0. The smallest absolute Gasteiger partial charge is 0.230 e. The third-order valence-corrected chi connectivity index (χ3v) is 5.48. The zero-order valence-electron chi connectivity index (χ0n) is 17.2. The monoisotopic (exact) mass is 412 g/mol. The van der Waals surface area contributed by atoms with Crippen molar-refractivity contribution in [3.8, 4) is 17.3 Å². The normalized spacial score (nSPS) is 12.3. The summed E-state index contributed by atoms with van der Waals surface area (Å²) >= 11 is 1.37. The van der Waals surface area contributed by atoms with E-state index in [1.165, 1.54) is 18.2 Å². The fraction of sp³-hybridized carbons (Fsp3) is 0.409. The molecule has 3 rings (SSSR count). The number of nitrogens with zero attached hydrogens (tertiary/aromatic N) is 3. The number of para-hydroxylation sites is 1. The molecule has 3 aromatic rings. The number of carbonyl (C=O) groups is 1. The van der Waals surface area contributed by atoms with Gasteiger partial charge in [0.15, 0.2) is 10.9 Å². The maximum atomic E-state index is 12.4. The van der Waals surface area contributed by atoms with E-state index in [1.54, 1.807) is 6.26 Å². The number of hydrogen-bond donors (Lipinski definition) is 1. The fourth-order valence-electron chi connectivity index (χ4n) is 3.09. The standard InChI is InChI=1S/C22H28N4O2S/c1-16(2)9-7-10-17(3)23-20(27)15-29-22-25-24-21(19-13-8-14-28-19)26(22)18-11-5-4-6-12-18/h4-6,8,11-14,16-17H,7,9-10,15H2,1-3H3,(H,23,27)/t17-/m0/s1. The van der Waals surface area contributed by atoms with Crippen molar-refractivity contribution in [2.75, 3.05) is 5.75 Å². The summed E-state index contributed by atoms with van der Waals surface area (Å²) in [5.41, 5.74) is 0.925. The molecule has 0 aliphatic heterocycles. The maximum Gasteiger partial charge on any atom is 0.230 e. The van der Waals surface area contributed by atoms with Crippen molar-refractivity contribution >= 4 is 17.7 Å². The first kappa shape index (κ1) is 21.2. The molecule has 2 aromatic heterocycles. The van der Waals surface area contributed by atoms with Crippen molar-refractivity contribution in [1.29, 1.82) is 0 Å². The van der Waals surface area contributed by atoms with E-state index in [-0.39, 0.29) is 17.7 Å². The third kappa shape index (κ3) is 5.97. The second-order valence-electron chi connectivity index (χ2n) is 7.54. The Balaban J connectivity index is 1.66. The summed E-state index contributed by atoms with van der Waals surface area (Å²) in [6, 6.07) is 13.7. The van der Waals surface area contributed by atoms with Gasteiger partial charge in [0.25, 0.3) is 0 Å². The quantitative estimate of drug-likeness (QED) is 0.477. The molecule has 0 aliphatic rings. The highest BCUT2D eigenvalue weighted by Crippen LogP contribution is 2.28. The Hall–Kier alpha value is -2.54. The Morgan fingerprint density at radius 1 is 1.10 bits per heavy atom. The van der Waals surface area contributed by atoms with E-state index < -0.39 is 0 Å². The van der Waals surface area contributed by atoms with E-state index in [9.17, 15) is 4.79 Å². The molecular formula is C22H28N4O2S. The van der Waals surface area contributed by atoms with Gasteiger partial charge in [-0.25, -0.2) is 0 Å². The van der Waals surface area contributed by atoms with E-state index in [0.29, 0.717) is 22.7 Å². The molecule has 7 heteroatoms. The van der Waals surface area contributed by atoms with Crippen molar-refractivity contribution in [2.24, 2.45) is 5.92 Å². The first-order valence-corrected chi connectivity index (χ1v) is 11.0. The number of carbonyl (C=O) groups excluding carboxylic acids is 1. The molecule has 1 atom stereocenters. The van der Waals surface area contributed by atoms with E-state index in [0.717, 1.165) is 18.5 Å². The molecule has 0 bridgehead atoms. The molecule has 29 heavy (non-hydrogen) atoms. The number of thioether (sulfide) groups is 1. The Bertz CT molecular complexity index is 891. The minimum atomic E-state index is 0.00853. The molecule has 0 saturated carbocycles. The van der Waals surface area contributed by atoms with Crippen molar-refractivity contribution in [3.63, 3.8) is 0 Å². The van der Waals surface area contributed by atoms with E-state index in [1.807, 2.05) is 47.0 Å². The number of hydrogen-bond acceptors (Lipinski definition) is 5. The molecule has 0 unspecified atom stereocenters. The molecule has 1 aromatic carbocycles. The predicted octanol–water partition coefficient (Wildman–Crippen LogP) is 4.95. The summed E-state index contributed by atoms with van der Waals surface area (Å²) in [6.45, 7) is 6.50. The number of furan rings is 1. The van der Waals surface area contributed by atoms with Crippen molar-refractivity contribution in [3.05, 3.63) is 48.7 Å². The molecule has 2 heterocycles. The Kier molecular flexibility index (Phi) is 7.52. The summed E-state index contributed by atoms with van der Waals surface area (Å²) < 4.78 is 7.44. The molecule has 0 fully saturated rings. The lowest BCUT2D eigenvalue weighted by Crippen LogP contribution is -2.33. The van der Waals surface area contributed by atoms with Crippen molar-refractivity contribution < 1.29 is 9.21 Å². The molecule has 1 amide bonds. The van der Waals surface area contributed by atoms with E-state index in [2.05, 4.69) is 36.3 Å². The number of rotatable bonds is 10. The van der Waals surface area contributed by atoms with Crippen LogP contribution in [0.1, 0.15) is 40.0 Å². The highest BCUT2D eigenvalue weighted by Gasteiger charge is 2.19. The van der Waals surface area contributed by atoms with Crippen LogP contribution in [0, 0.1) is 5.92 Å². The lowest BCUT2D eigenvalue weighted by atomic mass is 10.0. The number of benzene rings is 1. The molecule has 0 spiro atoms. The van der Waals surface area contributed by atoms with Gasteiger partial charge in [0.2, 0.25) is 11.7 Å². The zero-order valence-corrected chi connectivity index (χ0v) is 18.0. The van der Waals surface area contributed by atoms with Gasteiger partial charge in [-0.3, -0.25) is 9.36 Å². The van der Waals surface area contributed by atoms with Crippen LogP contribution in [0.2, 0.25) is 0 Å². The molecule has 6 nitrogen and oxygen atoms in total. The van der Waals surface area contributed by atoms with Crippen LogP contribution in [0.3, 0.4) is 0 Å². The topological polar surface area (TPSA) is 73.0 Å². The van der Waals surface area contributed by atoms with Crippen LogP contribution >= 0.6 is 11.8 Å². The summed E-state index contributed by atoms with van der Waals surface area (Å²) in [7, 11) is 0. The fourth-order valence-corrected chi connectivity index (χ4v) is 3.85. The summed E-state index contributed by atoms with van der Waals surface area (Å²) in [5.74, 6) is 2.25. The van der Waals surface area contributed by atoms with Crippen LogP contribution < -0.4 is 5.32 Å². The SMILES string of the molecule is CC(C)CCC[C@H](C)NC(=O)CSc1nnc(-c2ccco2)n1-c1ccccc1. The minimum Gasteiger partial charge on any atom is -0.461 e. The van der Waals surface area contributed by atoms with Crippen LogP contribution in [-0.2, 0) is 4.79 Å². The average molecular weight is 413 g/mol. The zero-order chi connectivity index (χ0) is 20.6. The minimum absolute atomic E-state index is 0.00853. The van der Waals surface area contributed by atoms with Gasteiger partial charge in [-0.15, -0.1) is 10.2 Å². The van der Waals surface area contributed by atoms with Gasteiger partial charge in [-0.05, 0) is 43.5 Å². The summed E-state index contributed by atoms with van der Waals surface area (Å²) in [5, 5.41) is 12.3. The van der Waals surface area contributed by atoms with Gasteiger partial charge in [0, 0.05) is 11.7 Å². The van der Waals surface area contributed by atoms with Crippen LogP contribution in [0.4, 0.5) is 0 Å². The largest absolute Gasteiger partial charge is 0.461 e. The van der Waals surface area contributed by atoms with Crippen LogP contribution in [-0.4, -0.2) is 32.5 Å². The van der Waals surface area contributed by atoms with E-state index >= 15 is 0 Å². The third-order valence-electron chi connectivity index (χ3n) is 4.55. The average Bonchev–Trinajstić information content (AvgIpc) is 3.36. The van der Waals surface area contributed by atoms with Crippen molar-refractivity contribution in [1.82, 2.24) is 20.1 Å². The van der Waals surface area contributed by atoms with E-state index in [4.69, 9.17) is 4.42 Å².